The Morgan fingerprint density at radius 3 is 2.53 bits per heavy atom. The number of hydrogen-bond acceptors (Lipinski definition) is 4. The Balaban J connectivity index is 2.68. The highest BCUT2D eigenvalue weighted by Gasteiger charge is 2.32. The largest absolute Gasteiger partial charge is 0.329 e. The van der Waals surface area contributed by atoms with Gasteiger partial charge in [-0.1, -0.05) is 13.8 Å². The molecule has 1 rings (SSSR count). The molecule has 0 amide bonds. The summed E-state index contributed by atoms with van der Waals surface area (Å²) >= 11 is 0. The van der Waals surface area contributed by atoms with E-state index >= 15 is 0 Å². The maximum absolute atomic E-state index is 12.2. The molecule has 102 valence electrons. The summed E-state index contributed by atoms with van der Waals surface area (Å²) in [6, 6.07) is -0.0640. The summed E-state index contributed by atoms with van der Waals surface area (Å²) < 4.78 is 26.0. The average molecular weight is 263 g/mol. The van der Waals surface area contributed by atoms with E-state index in [0.717, 1.165) is 13.1 Å². The zero-order chi connectivity index (χ0) is 13.1. The van der Waals surface area contributed by atoms with Crippen molar-refractivity contribution in [1.29, 1.82) is 0 Å². The van der Waals surface area contributed by atoms with Crippen molar-refractivity contribution in [2.45, 2.75) is 26.3 Å². The molecule has 0 radical (unpaired) electrons. The Hall–Kier alpha value is -0.170. The van der Waals surface area contributed by atoms with Crippen LogP contribution < -0.4 is 5.73 Å². The van der Waals surface area contributed by atoms with Crippen LogP contribution >= 0.6 is 0 Å². The van der Waals surface area contributed by atoms with Crippen LogP contribution in [0.25, 0.3) is 0 Å². The normalized spacial score (nSPS) is 24.4. The molecule has 0 aromatic heterocycles. The fourth-order valence-corrected chi connectivity index (χ4v) is 4.02. The molecule has 1 heterocycles. The SMILES string of the molecule is CC(C)CCS(=O)(=O)N1CCN(C)CC1CN. The minimum atomic E-state index is -3.14. The average Bonchev–Trinajstić information content (AvgIpc) is 2.26. The molecule has 5 nitrogen and oxygen atoms in total. The van der Waals surface area contributed by atoms with Gasteiger partial charge in [0.25, 0.3) is 0 Å². The monoisotopic (exact) mass is 263 g/mol. The topological polar surface area (TPSA) is 66.6 Å². The van der Waals surface area contributed by atoms with Gasteiger partial charge in [0.1, 0.15) is 0 Å². The second kappa shape index (κ2) is 6.13. The second-order valence-electron chi connectivity index (χ2n) is 5.26. The third-order valence-corrected chi connectivity index (χ3v) is 5.16. The van der Waals surface area contributed by atoms with E-state index in [4.69, 9.17) is 5.73 Å². The quantitative estimate of drug-likeness (QED) is 0.754. The van der Waals surface area contributed by atoms with Gasteiger partial charge in [-0.05, 0) is 19.4 Å². The lowest BCUT2D eigenvalue weighted by Crippen LogP contribution is -2.57. The molecule has 1 aliphatic heterocycles. The van der Waals surface area contributed by atoms with Crippen LogP contribution in [-0.4, -0.2) is 62.6 Å². The van der Waals surface area contributed by atoms with Gasteiger partial charge in [-0.2, -0.15) is 4.31 Å². The van der Waals surface area contributed by atoms with Crippen molar-refractivity contribution >= 4 is 10.0 Å². The van der Waals surface area contributed by atoms with E-state index in [1.807, 2.05) is 20.9 Å². The van der Waals surface area contributed by atoms with Gasteiger partial charge in [-0.3, -0.25) is 0 Å². The van der Waals surface area contributed by atoms with Crippen LogP contribution in [0.3, 0.4) is 0 Å². The molecule has 0 bridgehead atoms. The van der Waals surface area contributed by atoms with Gasteiger partial charge < -0.3 is 10.6 Å². The molecule has 0 spiro atoms. The van der Waals surface area contributed by atoms with Crippen molar-refractivity contribution in [3.63, 3.8) is 0 Å². The van der Waals surface area contributed by atoms with Crippen molar-refractivity contribution in [2.75, 3.05) is 39.0 Å². The van der Waals surface area contributed by atoms with Crippen LogP contribution in [0.5, 0.6) is 0 Å². The highest BCUT2D eigenvalue weighted by atomic mass is 32.2. The van der Waals surface area contributed by atoms with Crippen molar-refractivity contribution in [3.8, 4) is 0 Å². The standard InChI is InChI=1S/C11H25N3O2S/c1-10(2)4-7-17(15,16)14-6-5-13(3)9-11(14)8-12/h10-11H,4-9,12H2,1-3H3. The summed E-state index contributed by atoms with van der Waals surface area (Å²) in [4.78, 5) is 2.13. The highest BCUT2D eigenvalue weighted by molar-refractivity contribution is 7.89. The number of rotatable bonds is 5. The Kier molecular flexibility index (Phi) is 5.37. The fraction of sp³-hybridized carbons (Fsp3) is 1.00. The number of hydrogen-bond donors (Lipinski definition) is 1. The van der Waals surface area contributed by atoms with Crippen LogP contribution in [0, 0.1) is 5.92 Å². The number of nitrogens with zero attached hydrogens (tertiary/aromatic N) is 2. The zero-order valence-electron chi connectivity index (χ0n) is 11.1. The predicted molar refractivity (Wildman–Crippen MR) is 70.3 cm³/mol. The molecule has 1 atom stereocenters. The van der Waals surface area contributed by atoms with E-state index in [0.29, 0.717) is 25.4 Å². The van der Waals surface area contributed by atoms with Crippen LogP contribution in [0.15, 0.2) is 0 Å². The lowest BCUT2D eigenvalue weighted by molar-refractivity contribution is 0.164. The summed E-state index contributed by atoms with van der Waals surface area (Å²) in [5.41, 5.74) is 5.68. The molecular formula is C11H25N3O2S. The summed E-state index contributed by atoms with van der Waals surface area (Å²) in [7, 11) is -1.14. The van der Waals surface area contributed by atoms with Crippen LogP contribution in [0.1, 0.15) is 20.3 Å². The molecule has 1 unspecified atom stereocenters. The lowest BCUT2D eigenvalue weighted by Gasteiger charge is -2.38. The number of piperazine rings is 1. The lowest BCUT2D eigenvalue weighted by atomic mass is 10.2. The van der Waals surface area contributed by atoms with Gasteiger partial charge in [0.2, 0.25) is 10.0 Å². The third-order valence-electron chi connectivity index (χ3n) is 3.21. The molecule has 0 aliphatic carbocycles. The summed E-state index contributed by atoms with van der Waals surface area (Å²) in [5.74, 6) is 0.652. The molecule has 17 heavy (non-hydrogen) atoms. The van der Waals surface area contributed by atoms with E-state index in [-0.39, 0.29) is 11.8 Å². The number of sulfonamides is 1. The van der Waals surface area contributed by atoms with Crippen molar-refractivity contribution in [2.24, 2.45) is 11.7 Å². The van der Waals surface area contributed by atoms with Gasteiger partial charge in [-0.15, -0.1) is 0 Å². The van der Waals surface area contributed by atoms with Crippen LogP contribution in [0.2, 0.25) is 0 Å². The number of likely N-dealkylation sites (N-methyl/N-ethyl adjacent to an activating group) is 1. The van der Waals surface area contributed by atoms with Gasteiger partial charge in [0.05, 0.1) is 5.75 Å². The summed E-state index contributed by atoms with van der Waals surface area (Å²) in [6.07, 6.45) is 0.714. The Bertz CT molecular complexity index is 330. The number of nitrogens with two attached hydrogens (primary N) is 1. The summed E-state index contributed by atoms with van der Waals surface area (Å²) in [6.45, 7) is 6.57. The Morgan fingerprint density at radius 1 is 1.35 bits per heavy atom. The minimum Gasteiger partial charge on any atom is -0.329 e. The fourth-order valence-electron chi connectivity index (χ4n) is 2.05. The third kappa shape index (κ3) is 4.21. The zero-order valence-corrected chi connectivity index (χ0v) is 11.9. The van der Waals surface area contributed by atoms with Crippen molar-refractivity contribution in [1.82, 2.24) is 9.21 Å². The molecule has 2 N–H and O–H groups in total. The van der Waals surface area contributed by atoms with Crippen molar-refractivity contribution < 1.29 is 8.42 Å². The van der Waals surface area contributed by atoms with E-state index in [1.54, 1.807) is 4.31 Å². The molecule has 0 aromatic carbocycles. The molecule has 0 saturated carbocycles. The first-order valence-electron chi connectivity index (χ1n) is 6.25. The predicted octanol–water partition coefficient (Wildman–Crippen LogP) is -0.0630. The Labute approximate surface area is 105 Å². The van der Waals surface area contributed by atoms with Gasteiger partial charge in [-0.25, -0.2) is 8.42 Å². The smallest absolute Gasteiger partial charge is 0.214 e. The highest BCUT2D eigenvalue weighted by Crippen LogP contribution is 2.15. The molecule has 0 aromatic rings. The van der Waals surface area contributed by atoms with Gasteiger partial charge >= 0.3 is 0 Å². The maximum Gasteiger partial charge on any atom is 0.214 e. The molecular weight excluding hydrogens is 238 g/mol. The first kappa shape index (κ1) is 14.9. The molecule has 6 heteroatoms. The van der Waals surface area contributed by atoms with E-state index in [1.165, 1.54) is 0 Å². The Morgan fingerprint density at radius 2 is 2.00 bits per heavy atom. The van der Waals surface area contributed by atoms with Crippen LogP contribution in [0.4, 0.5) is 0 Å². The van der Waals surface area contributed by atoms with Gasteiger partial charge in [0, 0.05) is 32.2 Å². The van der Waals surface area contributed by atoms with E-state index in [9.17, 15) is 8.42 Å². The summed E-state index contributed by atoms with van der Waals surface area (Å²) in [5, 5.41) is 0. The maximum atomic E-state index is 12.2. The van der Waals surface area contributed by atoms with E-state index < -0.39 is 10.0 Å². The second-order valence-corrected chi connectivity index (χ2v) is 7.30. The van der Waals surface area contributed by atoms with Gasteiger partial charge in [0.15, 0.2) is 0 Å². The molecule has 1 fully saturated rings. The first-order chi connectivity index (χ1) is 7.86. The van der Waals surface area contributed by atoms with Crippen molar-refractivity contribution in [3.05, 3.63) is 0 Å². The molecule has 1 saturated heterocycles. The first-order valence-corrected chi connectivity index (χ1v) is 7.86. The minimum absolute atomic E-state index is 0.0640. The molecule has 1 aliphatic rings. The van der Waals surface area contributed by atoms with E-state index in [2.05, 4.69) is 4.90 Å². The van der Waals surface area contributed by atoms with Crippen LogP contribution in [-0.2, 0) is 10.0 Å².